The van der Waals surface area contributed by atoms with Crippen LogP contribution in [-0.2, 0) is 14.8 Å². The molecule has 2 aliphatic rings. The van der Waals surface area contributed by atoms with E-state index in [0.29, 0.717) is 26.2 Å². The minimum atomic E-state index is -3.21. The molecule has 2 aliphatic heterocycles. The number of hydrogen-bond acceptors (Lipinski definition) is 4. The predicted molar refractivity (Wildman–Crippen MR) is 86.7 cm³/mol. The standard InChI is InChI=1S/C15H29N3O3S/c1-4-22(20,21)18-8-5-6-12(10-18)14(19)17-9-7-13(16)15(2,3)11-17/h12-13H,4-11,16H2,1-3H3. The van der Waals surface area contributed by atoms with Gasteiger partial charge in [-0.15, -0.1) is 0 Å². The zero-order valence-electron chi connectivity index (χ0n) is 13.9. The molecule has 128 valence electrons. The van der Waals surface area contributed by atoms with E-state index in [1.165, 1.54) is 4.31 Å². The van der Waals surface area contributed by atoms with Crippen LogP contribution in [0.1, 0.15) is 40.0 Å². The van der Waals surface area contributed by atoms with Crippen molar-refractivity contribution in [3.63, 3.8) is 0 Å². The van der Waals surface area contributed by atoms with Gasteiger partial charge in [-0.1, -0.05) is 13.8 Å². The number of hydrogen-bond donors (Lipinski definition) is 1. The molecule has 0 aromatic heterocycles. The van der Waals surface area contributed by atoms with Crippen LogP contribution in [0.3, 0.4) is 0 Å². The molecule has 0 aromatic rings. The summed E-state index contributed by atoms with van der Waals surface area (Å²) in [5, 5.41) is 0. The van der Waals surface area contributed by atoms with E-state index in [-0.39, 0.29) is 29.0 Å². The second-order valence-electron chi connectivity index (χ2n) is 7.24. The Morgan fingerprint density at radius 3 is 2.55 bits per heavy atom. The summed E-state index contributed by atoms with van der Waals surface area (Å²) in [7, 11) is -3.21. The molecule has 1 amide bonds. The van der Waals surface area contributed by atoms with Crippen LogP contribution in [0.2, 0.25) is 0 Å². The molecule has 0 aromatic carbocycles. The molecule has 2 heterocycles. The van der Waals surface area contributed by atoms with Gasteiger partial charge in [-0.25, -0.2) is 12.7 Å². The van der Waals surface area contributed by atoms with Crippen molar-refractivity contribution in [1.29, 1.82) is 0 Å². The van der Waals surface area contributed by atoms with Crippen molar-refractivity contribution in [3.05, 3.63) is 0 Å². The minimum Gasteiger partial charge on any atom is -0.342 e. The number of amides is 1. The molecule has 2 unspecified atom stereocenters. The van der Waals surface area contributed by atoms with Gasteiger partial charge in [-0.2, -0.15) is 0 Å². The molecular formula is C15H29N3O3S. The van der Waals surface area contributed by atoms with Crippen LogP contribution in [0.15, 0.2) is 0 Å². The predicted octanol–water partition coefficient (Wildman–Crippen LogP) is 0.634. The fourth-order valence-electron chi connectivity index (χ4n) is 3.40. The lowest BCUT2D eigenvalue weighted by atomic mass is 9.79. The van der Waals surface area contributed by atoms with Crippen LogP contribution >= 0.6 is 0 Å². The van der Waals surface area contributed by atoms with Crippen molar-refractivity contribution in [3.8, 4) is 0 Å². The van der Waals surface area contributed by atoms with Gasteiger partial charge in [0.1, 0.15) is 0 Å². The maximum Gasteiger partial charge on any atom is 0.227 e. The number of piperidine rings is 2. The number of nitrogens with two attached hydrogens (primary N) is 1. The second-order valence-corrected chi connectivity index (χ2v) is 9.50. The summed E-state index contributed by atoms with van der Waals surface area (Å²) in [5.41, 5.74) is 6.04. The van der Waals surface area contributed by atoms with Crippen molar-refractivity contribution in [2.24, 2.45) is 17.1 Å². The van der Waals surface area contributed by atoms with Crippen LogP contribution in [-0.4, -0.2) is 61.5 Å². The Bertz CT molecular complexity index is 518. The molecule has 0 saturated carbocycles. The van der Waals surface area contributed by atoms with Gasteiger partial charge in [0.25, 0.3) is 0 Å². The average molecular weight is 331 g/mol. The van der Waals surface area contributed by atoms with Crippen LogP contribution in [0.4, 0.5) is 0 Å². The Balaban J connectivity index is 2.04. The third-order valence-corrected chi connectivity index (χ3v) is 6.96. The second kappa shape index (κ2) is 6.45. The first-order chi connectivity index (χ1) is 10.2. The van der Waals surface area contributed by atoms with E-state index in [2.05, 4.69) is 13.8 Å². The van der Waals surface area contributed by atoms with Crippen LogP contribution < -0.4 is 5.73 Å². The zero-order valence-corrected chi connectivity index (χ0v) is 14.7. The number of carbonyl (C=O) groups excluding carboxylic acids is 1. The fraction of sp³-hybridized carbons (Fsp3) is 0.933. The molecule has 2 rings (SSSR count). The summed E-state index contributed by atoms with van der Waals surface area (Å²) in [4.78, 5) is 14.7. The van der Waals surface area contributed by atoms with Gasteiger partial charge in [0.2, 0.25) is 15.9 Å². The van der Waals surface area contributed by atoms with Gasteiger partial charge in [-0.05, 0) is 31.6 Å². The number of rotatable bonds is 3. The molecule has 2 atom stereocenters. The van der Waals surface area contributed by atoms with Gasteiger partial charge in [0.05, 0.1) is 11.7 Å². The van der Waals surface area contributed by atoms with Crippen molar-refractivity contribution < 1.29 is 13.2 Å². The molecule has 2 saturated heterocycles. The van der Waals surface area contributed by atoms with E-state index >= 15 is 0 Å². The van der Waals surface area contributed by atoms with E-state index in [0.717, 1.165) is 19.3 Å². The van der Waals surface area contributed by atoms with Crippen molar-refractivity contribution >= 4 is 15.9 Å². The summed E-state index contributed by atoms with van der Waals surface area (Å²) in [6.45, 7) is 8.03. The largest absolute Gasteiger partial charge is 0.342 e. The normalized spacial score (nSPS) is 30.3. The molecular weight excluding hydrogens is 302 g/mol. The minimum absolute atomic E-state index is 0.0856. The van der Waals surface area contributed by atoms with Crippen molar-refractivity contribution in [2.45, 2.75) is 46.1 Å². The molecule has 22 heavy (non-hydrogen) atoms. The first-order valence-electron chi connectivity index (χ1n) is 8.19. The lowest BCUT2D eigenvalue weighted by molar-refractivity contribution is -0.140. The highest BCUT2D eigenvalue weighted by atomic mass is 32.2. The summed E-state index contributed by atoms with van der Waals surface area (Å²) < 4.78 is 25.5. The first kappa shape index (κ1) is 17.7. The molecule has 6 nitrogen and oxygen atoms in total. The van der Waals surface area contributed by atoms with Crippen molar-refractivity contribution in [2.75, 3.05) is 31.9 Å². The first-order valence-corrected chi connectivity index (χ1v) is 9.80. The van der Waals surface area contributed by atoms with Gasteiger partial charge < -0.3 is 10.6 Å². The number of carbonyl (C=O) groups is 1. The maximum absolute atomic E-state index is 12.8. The Morgan fingerprint density at radius 1 is 1.27 bits per heavy atom. The van der Waals surface area contributed by atoms with Crippen LogP contribution in [0.25, 0.3) is 0 Å². The lowest BCUT2D eigenvalue weighted by Gasteiger charge is -2.44. The maximum atomic E-state index is 12.8. The smallest absolute Gasteiger partial charge is 0.227 e. The Labute approximate surface area is 134 Å². The molecule has 7 heteroatoms. The van der Waals surface area contributed by atoms with E-state index in [4.69, 9.17) is 5.73 Å². The lowest BCUT2D eigenvalue weighted by Crippen LogP contribution is -2.56. The van der Waals surface area contributed by atoms with Gasteiger partial charge in [0.15, 0.2) is 0 Å². The highest BCUT2D eigenvalue weighted by Crippen LogP contribution is 2.30. The van der Waals surface area contributed by atoms with Crippen LogP contribution in [0.5, 0.6) is 0 Å². The third kappa shape index (κ3) is 3.63. The van der Waals surface area contributed by atoms with E-state index in [1.54, 1.807) is 6.92 Å². The third-order valence-electron chi connectivity index (χ3n) is 5.12. The molecule has 2 fully saturated rings. The number of sulfonamides is 1. The van der Waals surface area contributed by atoms with Crippen molar-refractivity contribution in [1.82, 2.24) is 9.21 Å². The SMILES string of the molecule is CCS(=O)(=O)N1CCCC(C(=O)N2CCC(N)C(C)(C)C2)C1. The molecule has 0 aliphatic carbocycles. The Morgan fingerprint density at radius 2 is 1.95 bits per heavy atom. The van der Waals surface area contributed by atoms with Crippen LogP contribution in [0, 0.1) is 11.3 Å². The molecule has 0 radical (unpaired) electrons. The highest BCUT2D eigenvalue weighted by molar-refractivity contribution is 7.89. The molecule has 0 spiro atoms. The number of nitrogens with zero attached hydrogens (tertiary/aromatic N) is 2. The Hall–Kier alpha value is -0.660. The fourth-order valence-corrected chi connectivity index (χ4v) is 4.58. The van der Waals surface area contributed by atoms with Gasteiger partial charge >= 0.3 is 0 Å². The monoisotopic (exact) mass is 331 g/mol. The van der Waals surface area contributed by atoms with E-state index in [1.807, 2.05) is 4.90 Å². The number of likely N-dealkylation sites (tertiary alicyclic amines) is 1. The van der Waals surface area contributed by atoms with E-state index < -0.39 is 10.0 Å². The summed E-state index contributed by atoms with van der Waals surface area (Å²) in [6.07, 6.45) is 2.34. The average Bonchev–Trinajstić information content (AvgIpc) is 2.49. The van der Waals surface area contributed by atoms with Gasteiger partial charge in [0, 0.05) is 32.2 Å². The summed E-state index contributed by atoms with van der Waals surface area (Å²) >= 11 is 0. The highest BCUT2D eigenvalue weighted by Gasteiger charge is 2.39. The summed E-state index contributed by atoms with van der Waals surface area (Å²) in [6, 6.07) is 0.111. The quantitative estimate of drug-likeness (QED) is 0.822. The summed E-state index contributed by atoms with van der Waals surface area (Å²) in [5.74, 6) is -0.0179. The van der Waals surface area contributed by atoms with E-state index in [9.17, 15) is 13.2 Å². The topological polar surface area (TPSA) is 83.7 Å². The zero-order chi connectivity index (χ0) is 16.5. The molecule has 0 bridgehead atoms. The Kier molecular flexibility index (Phi) is 5.19. The van der Waals surface area contributed by atoms with Gasteiger partial charge in [-0.3, -0.25) is 4.79 Å². The molecule has 2 N–H and O–H groups in total.